The van der Waals surface area contributed by atoms with E-state index in [0.717, 1.165) is 4.90 Å². The van der Waals surface area contributed by atoms with E-state index < -0.39 is 17.6 Å². The van der Waals surface area contributed by atoms with Gasteiger partial charge in [-0.05, 0) is 23.8 Å². The first-order valence-corrected chi connectivity index (χ1v) is 6.60. The number of aliphatic hydroxyl groups is 1. The van der Waals surface area contributed by atoms with Crippen molar-refractivity contribution in [3.05, 3.63) is 70.9 Å². The van der Waals surface area contributed by atoms with Crippen LogP contribution in [0.2, 0.25) is 5.02 Å². The van der Waals surface area contributed by atoms with Crippen LogP contribution < -0.4 is 4.90 Å². The Morgan fingerprint density at radius 1 is 0.905 bits per heavy atom. The highest BCUT2D eigenvalue weighted by Crippen LogP contribution is 2.32. The average molecular weight is 300 g/mol. The maximum Gasteiger partial charge on any atom is 0.301 e. The molecule has 1 heterocycles. The summed E-state index contributed by atoms with van der Waals surface area (Å²) < 4.78 is 0. The minimum atomic E-state index is -0.749. The Morgan fingerprint density at radius 2 is 1.62 bits per heavy atom. The van der Waals surface area contributed by atoms with Gasteiger partial charge in [-0.2, -0.15) is 0 Å². The monoisotopic (exact) mass is 299 g/mol. The molecule has 0 atom stereocenters. The molecule has 2 aromatic carbocycles. The molecule has 2 amide bonds. The minimum absolute atomic E-state index is 0.000533. The maximum atomic E-state index is 12.5. The highest BCUT2D eigenvalue weighted by atomic mass is 35.5. The van der Waals surface area contributed by atoms with Gasteiger partial charge in [-0.1, -0.05) is 48.0 Å². The van der Waals surface area contributed by atoms with Crippen molar-refractivity contribution < 1.29 is 14.7 Å². The summed E-state index contributed by atoms with van der Waals surface area (Å²) in [5.74, 6) is -1.86. The molecule has 0 fully saturated rings. The van der Waals surface area contributed by atoms with E-state index in [-0.39, 0.29) is 5.57 Å². The second kappa shape index (κ2) is 5.07. The van der Waals surface area contributed by atoms with E-state index in [4.69, 9.17) is 11.6 Å². The van der Waals surface area contributed by atoms with Crippen molar-refractivity contribution in [2.75, 3.05) is 4.90 Å². The smallest absolute Gasteiger partial charge is 0.301 e. The van der Waals surface area contributed by atoms with Gasteiger partial charge in [0.25, 0.3) is 5.91 Å². The SMILES string of the molecule is O=C1C(O)=C(c2ccccc2)C(=O)N1c1cccc(Cl)c1. The molecule has 0 spiro atoms. The highest BCUT2D eigenvalue weighted by Gasteiger charge is 2.40. The summed E-state index contributed by atoms with van der Waals surface area (Å²) in [6.45, 7) is 0. The normalized spacial score (nSPS) is 15.0. The summed E-state index contributed by atoms with van der Waals surface area (Å²) in [4.78, 5) is 25.6. The number of rotatable bonds is 2. The van der Waals surface area contributed by atoms with E-state index in [1.165, 1.54) is 6.07 Å². The number of halogens is 1. The molecule has 0 saturated carbocycles. The number of hydrogen-bond donors (Lipinski definition) is 1. The number of carbonyl (C=O) groups is 2. The van der Waals surface area contributed by atoms with Crippen LogP contribution in [-0.2, 0) is 9.59 Å². The molecule has 0 bridgehead atoms. The molecule has 0 saturated heterocycles. The zero-order chi connectivity index (χ0) is 15.0. The van der Waals surface area contributed by atoms with Crippen LogP contribution in [0.25, 0.3) is 5.57 Å². The molecular weight excluding hydrogens is 290 g/mol. The molecule has 2 aromatic rings. The fraction of sp³-hybridized carbons (Fsp3) is 0. The predicted molar refractivity (Wildman–Crippen MR) is 79.9 cm³/mol. The van der Waals surface area contributed by atoms with Crippen molar-refractivity contribution in [1.82, 2.24) is 0 Å². The number of carbonyl (C=O) groups excluding carboxylic acids is 2. The summed E-state index contributed by atoms with van der Waals surface area (Å²) in [7, 11) is 0. The number of aliphatic hydroxyl groups excluding tert-OH is 1. The van der Waals surface area contributed by atoms with Crippen LogP contribution in [0, 0.1) is 0 Å². The summed E-state index contributed by atoms with van der Waals surface area (Å²) in [5, 5.41) is 10.4. The van der Waals surface area contributed by atoms with Crippen LogP contribution >= 0.6 is 11.6 Å². The molecule has 4 nitrogen and oxygen atoms in total. The standard InChI is InChI=1S/C16H10ClNO3/c17-11-7-4-8-12(9-11)18-15(20)13(14(19)16(18)21)10-5-2-1-3-6-10/h1-9,19H. The minimum Gasteiger partial charge on any atom is -0.502 e. The summed E-state index contributed by atoms with van der Waals surface area (Å²) in [6, 6.07) is 14.9. The number of hydrogen-bond acceptors (Lipinski definition) is 3. The van der Waals surface area contributed by atoms with E-state index in [1.807, 2.05) is 0 Å². The third-order valence-electron chi connectivity index (χ3n) is 3.19. The molecule has 0 aromatic heterocycles. The average Bonchev–Trinajstić information content (AvgIpc) is 2.70. The Labute approximate surface area is 125 Å². The van der Waals surface area contributed by atoms with Crippen molar-refractivity contribution in [3.63, 3.8) is 0 Å². The van der Waals surface area contributed by atoms with Gasteiger partial charge in [-0.15, -0.1) is 0 Å². The van der Waals surface area contributed by atoms with E-state index in [1.54, 1.807) is 48.5 Å². The lowest BCUT2D eigenvalue weighted by Gasteiger charge is -2.14. The van der Waals surface area contributed by atoms with Gasteiger partial charge in [-0.25, -0.2) is 4.90 Å². The van der Waals surface area contributed by atoms with E-state index in [2.05, 4.69) is 0 Å². The van der Waals surface area contributed by atoms with Gasteiger partial charge < -0.3 is 5.11 Å². The number of nitrogens with zero attached hydrogens (tertiary/aromatic N) is 1. The number of benzene rings is 2. The Bertz CT molecular complexity index is 768. The lowest BCUT2D eigenvalue weighted by atomic mass is 10.1. The largest absolute Gasteiger partial charge is 0.502 e. The molecule has 1 aliphatic heterocycles. The molecule has 1 aliphatic rings. The summed E-state index contributed by atoms with van der Waals surface area (Å²) >= 11 is 5.88. The predicted octanol–water partition coefficient (Wildman–Crippen LogP) is 3.18. The van der Waals surface area contributed by atoms with Crippen LogP contribution in [0.5, 0.6) is 0 Å². The molecule has 21 heavy (non-hydrogen) atoms. The number of amides is 2. The Hall–Kier alpha value is -2.59. The Kier molecular flexibility index (Phi) is 3.23. The maximum absolute atomic E-state index is 12.5. The first kappa shape index (κ1) is 13.4. The van der Waals surface area contributed by atoms with Gasteiger partial charge >= 0.3 is 5.91 Å². The quantitative estimate of drug-likeness (QED) is 0.867. The second-order valence-corrected chi connectivity index (χ2v) is 4.95. The topological polar surface area (TPSA) is 57.6 Å². The third-order valence-corrected chi connectivity index (χ3v) is 3.42. The van der Waals surface area contributed by atoms with Gasteiger partial charge in [0.05, 0.1) is 11.3 Å². The van der Waals surface area contributed by atoms with Crippen LogP contribution in [0.3, 0.4) is 0 Å². The lowest BCUT2D eigenvalue weighted by molar-refractivity contribution is -0.121. The van der Waals surface area contributed by atoms with Crippen molar-refractivity contribution in [3.8, 4) is 0 Å². The Morgan fingerprint density at radius 3 is 2.29 bits per heavy atom. The van der Waals surface area contributed by atoms with E-state index >= 15 is 0 Å². The van der Waals surface area contributed by atoms with E-state index in [9.17, 15) is 14.7 Å². The van der Waals surface area contributed by atoms with Gasteiger partial charge in [0.1, 0.15) is 0 Å². The zero-order valence-electron chi connectivity index (χ0n) is 10.8. The van der Waals surface area contributed by atoms with Crippen molar-refractivity contribution in [2.24, 2.45) is 0 Å². The molecule has 0 unspecified atom stereocenters. The molecule has 104 valence electrons. The van der Waals surface area contributed by atoms with Gasteiger partial charge in [0, 0.05) is 5.02 Å². The fourth-order valence-corrected chi connectivity index (χ4v) is 2.42. The molecule has 0 radical (unpaired) electrons. The van der Waals surface area contributed by atoms with Crippen LogP contribution in [0.15, 0.2) is 60.4 Å². The zero-order valence-corrected chi connectivity index (χ0v) is 11.5. The number of imide groups is 1. The van der Waals surface area contributed by atoms with Crippen molar-refractivity contribution >= 4 is 34.7 Å². The summed E-state index contributed by atoms with van der Waals surface area (Å²) in [5.41, 5.74) is 0.827. The Balaban J connectivity index is 2.07. The highest BCUT2D eigenvalue weighted by molar-refractivity contribution is 6.45. The van der Waals surface area contributed by atoms with Gasteiger partial charge in [-0.3, -0.25) is 9.59 Å². The van der Waals surface area contributed by atoms with Gasteiger partial charge in [0.15, 0.2) is 5.76 Å². The molecule has 1 N–H and O–H groups in total. The van der Waals surface area contributed by atoms with Crippen LogP contribution in [0.4, 0.5) is 5.69 Å². The van der Waals surface area contributed by atoms with Crippen molar-refractivity contribution in [2.45, 2.75) is 0 Å². The molecule has 0 aliphatic carbocycles. The number of anilines is 1. The fourth-order valence-electron chi connectivity index (χ4n) is 2.23. The first-order valence-electron chi connectivity index (χ1n) is 6.22. The second-order valence-electron chi connectivity index (χ2n) is 4.52. The molecule has 5 heteroatoms. The first-order chi connectivity index (χ1) is 10.1. The van der Waals surface area contributed by atoms with Crippen molar-refractivity contribution in [1.29, 1.82) is 0 Å². The third kappa shape index (κ3) is 2.19. The van der Waals surface area contributed by atoms with E-state index in [0.29, 0.717) is 16.3 Å². The lowest BCUT2D eigenvalue weighted by Crippen LogP contribution is -2.31. The molecule has 3 rings (SSSR count). The van der Waals surface area contributed by atoms with Crippen LogP contribution in [-0.4, -0.2) is 16.9 Å². The van der Waals surface area contributed by atoms with Crippen LogP contribution in [0.1, 0.15) is 5.56 Å². The molecular formula is C16H10ClNO3. The van der Waals surface area contributed by atoms with Gasteiger partial charge in [0.2, 0.25) is 0 Å². The summed E-state index contributed by atoms with van der Waals surface area (Å²) in [6.07, 6.45) is 0.